The molecule has 2 nitrogen and oxygen atoms in total. The van der Waals surface area contributed by atoms with Crippen LogP contribution in [0.2, 0.25) is 0 Å². The molecule has 1 rings (SSSR count). The summed E-state index contributed by atoms with van der Waals surface area (Å²) in [6.07, 6.45) is 0. The summed E-state index contributed by atoms with van der Waals surface area (Å²) in [4.78, 5) is 2.46. The Kier molecular flexibility index (Phi) is 7.39. The molecule has 0 aliphatic rings. The van der Waals surface area contributed by atoms with Gasteiger partial charge < -0.3 is 9.64 Å². The van der Waals surface area contributed by atoms with Crippen molar-refractivity contribution in [3.63, 3.8) is 0 Å². The van der Waals surface area contributed by atoms with E-state index >= 15 is 0 Å². The van der Waals surface area contributed by atoms with Crippen LogP contribution < -0.4 is 4.74 Å². The van der Waals surface area contributed by atoms with Gasteiger partial charge in [0, 0.05) is 19.6 Å². The molecule has 1 unspecified atom stereocenters. The van der Waals surface area contributed by atoms with Gasteiger partial charge in [-0.1, -0.05) is 39.8 Å². The zero-order valence-corrected chi connectivity index (χ0v) is 14.2. The summed E-state index contributed by atoms with van der Waals surface area (Å²) in [6.45, 7) is 12.1. The number of halogens is 1. The summed E-state index contributed by atoms with van der Waals surface area (Å²) in [5.74, 6) is 2.18. The van der Waals surface area contributed by atoms with Crippen molar-refractivity contribution in [3.05, 3.63) is 29.8 Å². The summed E-state index contributed by atoms with van der Waals surface area (Å²) < 4.78 is 5.27. The maximum absolute atomic E-state index is 6.60. The van der Waals surface area contributed by atoms with E-state index in [1.807, 2.05) is 18.2 Å². The minimum absolute atomic E-state index is 0.00241. The van der Waals surface area contributed by atoms with Gasteiger partial charge in [0.05, 0.1) is 12.5 Å². The molecule has 0 saturated heterocycles. The number of methoxy groups -OCH3 is 1. The summed E-state index contributed by atoms with van der Waals surface area (Å²) in [7, 11) is 1.69. The predicted molar refractivity (Wildman–Crippen MR) is 87.7 cm³/mol. The van der Waals surface area contributed by atoms with E-state index in [2.05, 4.69) is 38.7 Å². The molecule has 1 atom stereocenters. The third-order valence-corrected chi connectivity index (χ3v) is 3.51. The van der Waals surface area contributed by atoms with Gasteiger partial charge in [0.15, 0.2) is 0 Å². The molecule has 0 aromatic heterocycles. The number of nitrogens with zero attached hydrogens (tertiary/aromatic N) is 1. The van der Waals surface area contributed by atoms with Crippen LogP contribution in [0.1, 0.15) is 38.6 Å². The molecule has 20 heavy (non-hydrogen) atoms. The number of rotatable bonds is 8. The van der Waals surface area contributed by atoms with Gasteiger partial charge in [0.1, 0.15) is 5.75 Å². The highest BCUT2D eigenvalue weighted by atomic mass is 35.5. The van der Waals surface area contributed by atoms with Crippen molar-refractivity contribution >= 4 is 11.6 Å². The van der Waals surface area contributed by atoms with E-state index in [0.717, 1.165) is 30.9 Å². The maximum atomic E-state index is 6.60. The van der Waals surface area contributed by atoms with Crippen molar-refractivity contribution in [2.24, 2.45) is 11.8 Å². The Bertz CT molecular complexity index is 382. The molecule has 0 spiro atoms. The van der Waals surface area contributed by atoms with Crippen LogP contribution in [-0.4, -0.2) is 31.6 Å². The van der Waals surface area contributed by atoms with Crippen LogP contribution in [-0.2, 0) is 0 Å². The van der Waals surface area contributed by atoms with E-state index in [1.54, 1.807) is 7.11 Å². The van der Waals surface area contributed by atoms with Crippen molar-refractivity contribution in [2.75, 3.05) is 26.7 Å². The second-order valence-corrected chi connectivity index (χ2v) is 6.78. The number of benzene rings is 1. The van der Waals surface area contributed by atoms with E-state index in [4.69, 9.17) is 16.3 Å². The molecule has 0 fully saturated rings. The lowest BCUT2D eigenvalue weighted by Crippen LogP contribution is -2.34. The summed E-state index contributed by atoms with van der Waals surface area (Å²) >= 11 is 6.60. The largest absolute Gasteiger partial charge is 0.497 e. The van der Waals surface area contributed by atoms with Gasteiger partial charge in [-0.2, -0.15) is 0 Å². The molecule has 0 amide bonds. The Balaban J connectivity index is 2.70. The molecule has 0 aliphatic heterocycles. The van der Waals surface area contributed by atoms with E-state index in [9.17, 15) is 0 Å². The van der Waals surface area contributed by atoms with Crippen LogP contribution in [0.3, 0.4) is 0 Å². The SMILES string of the molecule is COc1cccc(C(Cl)CN(CC(C)C)CC(C)C)c1. The van der Waals surface area contributed by atoms with Crippen LogP contribution in [0.15, 0.2) is 24.3 Å². The normalized spacial score (nSPS) is 13.2. The van der Waals surface area contributed by atoms with E-state index in [0.29, 0.717) is 11.8 Å². The molecular formula is C17H28ClNO. The lowest BCUT2D eigenvalue weighted by molar-refractivity contribution is 0.219. The van der Waals surface area contributed by atoms with Crippen LogP contribution in [0, 0.1) is 11.8 Å². The Morgan fingerprint density at radius 1 is 1.05 bits per heavy atom. The van der Waals surface area contributed by atoms with E-state index in [-0.39, 0.29) is 5.38 Å². The monoisotopic (exact) mass is 297 g/mol. The lowest BCUT2D eigenvalue weighted by Gasteiger charge is -2.28. The van der Waals surface area contributed by atoms with Gasteiger partial charge >= 0.3 is 0 Å². The third kappa shape index (κ3) is 6.15. The van der Waals surface area contributed by atoms with Gasteiger partial charge in [-0.3, -0.25) is 0 Å². The molecular weight excluding hydrogens is 270 g/mol. The fraction of sp³-hybridized carbons (Fsp3) is 0.647. The molecule has 0 heterocycles. The molecule has 0 saturated carbocycles. The van der Waals surface area contributed by atoms with E-state index < -0.39 is 0 Å². The average molecular weight is 298 g/mol. The van der Waals surface area contributed by atoms with Gasteiger partial charge in [-0.05, 0) is 29.5 Å². The minimum Gasteiger partial charge on any atom is -0.497 e. The van der Waals surface area contributed by atoms with Crippen molar-refractivity contribution in [2.45, 2.75) is 33.1 Å². The van der Waals surface area contributed by atoms with Crippen LogP contribution in [0.5, 0.6) is 5.75 Å². The molecule has 0 radical (unpaired) electrons. The number of alkyl halides is 1. The fourth-order valence-electron chi connectivity index (χ4n) is 2.42. The van der Waals surface area contributed by atoms with Gasteiger partial charge in [-0.15, -0.1) is 11.6 Å². The van der Waals surface area contributed by atoms with Gasteiger partial charge in [-0.25, -0.2) is 0 Å². The molecule has 1 aromatic rings. The molecule has 0 bridgehead atoms. The third-order valence-electron chi connectivity index (χ3n) is 3.12. The van der Waals surface area contributed by atoms with Gasteiger partial charge in [0.2, 0.25) is 0 Å². The van der Waals surface area contributed by atoms with Crippen LogP contribution >= 0.6 is 11.6 Å². The smallest absolute Gasteiger partial charge is 0.119 e. The highest BCUT2D eigenvalue weighted by Gasteiger charge is 2.16. The molecule has 0 aliphatic carbocycles. The first-order valence-corrected chi connectivity index (χ1v) is 7.86. The first kappa shape index (κ1) is 17.3. The molecule has 3 heteroatoms. The first-order chi connectivity index (χ1) is 9.42. The number of ether oxygens (including phenoxy) is 1. The average Bonchev–Trinajstić information content (AvgIpc) is 2.37. The Hall–Kier alpha value is -0.730. The fourth-order valence-corrected chi connectivity index (χ4v) is 2.76. The zero-order chi connectivity index (χ0) is 15.1. The zero-order valence-electron chi connectivity index (χ0n) is 13.4. The van der Waals surface area contributed by atoms with Crippen molar-refractivity contribution in [3.8, 4) is 5.75 Å². The molecule has 114 valence electrons. The van der Waals surface area contributed by atoms with Crippen molar-refractivity contribution < 1.29 is 4.74 Å². The number of hydrogen-bond acceptors (Lipinski definition) is 2. The Morgan fingerprint density at radius 2 is 1.65 bits per heavy atom. The quantitative estimate of drug-likeness (QED) is 0.651. The summed E-state index contributed by atoms with van der Waals surface area (Å²) in [5.41, 5.74) is 1.13. The standard InChI is InChI=1S/C17H28ClNO/c1-13(2)10-19(11-14(3)4)12-17(18)15-7-6-8-16(9-15)20-5/h6-9,13-14,17H,10-12H2,1-5H3. The predicted octanol–water partition coefficient (Wildman–Crippen LogP) is 4.59. The van der Waals surface area contributed by atoms with Crippen LogP contribution in [0.25, 0.3) is 0 Å². The molecule has 1 aromatic carbocycles. The maximum Gasteiger partial charge on any atom is 0.119 e. The first-order valence-electron chi connectivity index (χ1n) is 7.42. The van der Waals surface area contributed by atoms with Crippen LogP contribution in [0.4, 0.5) is 0 Å². The second kappa shape index (κ2) is 8.53. The lowest BCUT2D eigenvalue weighted by atomic mass is 10.1. The van der Waals surface area contributed by atoms with Crippen molar-refractivity contribution in [1.29, 1.82) is 0 Å². The Labute approximate surface area is 129 Å². The topological polar surface area (TPSA) is 12.5 Å². The van der Waals surface area contributed by atoms with Crippen molar-refractivity contribution in [1.82, 2.24) is 4.90 Å². The highest BCUT2D eigenvalue weighted by molar-refractivity contribution is 6.21. The highest BCUT2D eigenvalue weighted by Crippen LogP contribution is 2.25. The van der Waals surface area contributed by atoms with E-state index in [1.165, 1.54) is 0 Å². The minimum atomic E-state index is 0.00241. The number of hydrogen-bond donors (Lipinski definition) is 0. The summed E-state index contributed by atoms with van der Waals surface area (Å²) in [5, 5.41) is 0.00241. The summed E-state index contributed by atoms with van der Waals surface area (Å²) in [6, 6.07) is 8.05. The Morgan fingerprint density at radius 3 is 2.15 bits per heavy atom. The molecule has 0 N–H and O–H groups in total. The second-order valence-electron chi connectivity index (χ2n) is 6.25. The van der Waals surface area contributed by atoms with Gasteiger partial charge in [0.25, 0.3) is 0 Å².